The Morgan fingerprint density at radius 2 is 1.90 bits per heavy atom. The van der Waals surface area contributed by atoms with E-state index in [9.17, 15) is 0 Å². The first-order valence-corrected chi connectivity index (χ1v) is 8.19. The largest absolute Gasteiger partial charge is 0.382 e. The second-order valence-electron chi connectivity index (χ2n) is 5.49. The van der Waals surface area contributed by atoms with E-state index in [4.69, 9.17) is 4.74 Å². The van der Waals surface area contributed by atoms with Crippen LogP contribution in [0, 0.1) is 0 Å². The lowest BCUT2D eigenvalue weighted by Crippen LogP contribution is -2.45. The first kappa shape index (κ1) is 16.1. The molecular weight excluding hydrogens is 262 g/mol. The van der Waals surface area contributed by atoms with Gasteiger partial charge in [-0.25, -0.2) is 0 Å². The van der Waals surface area contributed by atoms with Gasteiger partial charge in [-0.3, -0.25) is 4.90 Å². The Morgan fingerprint density at radius 3 is 2.52 bits per heavy atom. The highest BCUT2D eigenvalue weighted by molar-refractivity contribution is 5.55. The van der Waals surface area contributed by atoms with Gasteiger partial charge in [-0.2, -0.15) is 0 Å². The van der Waals surface area contributed by atoms with Gasteiger partial charge in [0.2, 0.25) is 0 Å². The average molecular weight is 291 g/mol. The highest BCUT2D eigenvalue weighted by atomic mass is 16.5. The van der Waals surface area contributed by atoms with Gasteiger partial charge in [0, 0.05) is 44.1 Å². The third kappa shape index (κ3) is 4.61. The molecule has 1 aromatic carbocycles. The van der Waals surface area contributed by atoms with Gasteiger partial charge in [0.25, 0.3) is 0 Å². The van der Waals surface area contributed by atoms with E-state index in [0.717, 1.165) is 45.9 Å². The van der Waals surface area contributed by atoms with Crippen LogP contribution >= 0.6 is 0 Å². The first-order chi connectivity index (χ1) is 10.3. The molecule has 2 rings (SSSR count). The summed E-state index contributed by atoms with van der Waals surface area (Å²) in [5.74, 6) is 0. The summed E-state index contributed by atoms with van der Waals surface area (Å²) in [5, 5.41) is 3.49. The molecule has 0 aliphatic carbocycles. The molecule has 0 radical (unpaired) electrons. The Bertz CT molecular complexity index is 403. The van der Waals surface area contributed by atoms with Crippen molar-refractivity contribution < 1.29 is 4.74 Å². The maximum absolute atomic E-state index is 5.82. The molecule has 1 saturated heterocycles. The third-order valence-electron chi connectivity index (χ3n) is 4.20. The normalized spacial score (nSPS) is 19.5. The van der Waals surface area contributed by atoms with Gasteiger partial charge in [-0.1, -0.05) is 6.92 Å². The van der Waals surface area contributed by atoms with Crippen molar-refractivity contribution in [3.8, 4) is 0 Å². The molecule has 0 amide bonds. The van der Waals surface area contributed by atoms with Crippen LogP contribution < -0.4 is 10.2 Å². The minimum absolute atomic E-state index is 0.293. The maximum Gasteiger partial charge on any atom is 0.0874 e. The maximum atomic E-state index is 5.82. The third-order valence-corrected chi connectivity index (χ3v) is 4.20. The molecule has 0 bridgehead atoms. The van der Waals surface area contributed by atoms with Crippen molar-refractivity contribution in [2.24, 2.45) is 0 Å². The number of nitrogens with zero attached hydrogens (tertiary/aromatic N) is 2. The van der Waals surface area contributed by atoms with E-state index >= 15 is 0 Å². The van der Waals surface area contributed by atoms with Crippen LogP contribution in [0.2, 0.25) is 0 Å². The molecule has 1 unspecified atom stereocenters. The van der Waals surface area contributed by atoms with Gasteiger partial charge >= 0.3 is 0 Å². The van der Waals surface area contributed by atoms with Crippen molar-refractivity contribution in [1.29, 1.82) is 0 Å². The summed E-state index contributed by atoms with van der Waals surface area (Å²) in [6, 6.07) is 8.70. The fourth-order valence-corrected chi connectivity index (χ4v) is 2.80. The van der Waals surface area contributed by atoms with E-state index in [1.165, 1.54) is 11.4 Å². The molecule has 1 aliphatic heterocycles. The summed E-state index contributed by atoms with van der Waals surface area (Å²) < 4.78 is 5.82. The molecule has 4 nitrogen and oxygen atoms in total. The zero-order chi connectivity index (χ0) is 15.1. The van der Waals surface area contributed by atoms with Crippen LogP contribution in [-0.2, 0) is 4.74 Å². The molecule has 1 aliphatic rings. The van der Waals surface area contributed by atoms with Gasteiger partial charge in [-0.15, -0.1) is 0 Å². The molecule has 0 saturated carbocycles. The van der Waals surface area contributed by atoms with Gasteiger partial charge in [-0.05, 0) is 44.7 Å². The summed E-state index contributed by atoms with van der Waals surface area (Å²) in [6.45, 7) is 13.6. The number of anilines is 2. The summed E-state index contributed by atoms with van der Waals surface area (Å²) in [5.41, 5.74) is 2.46. The van der Waals surface area contributed by atoms with E-state index in [0.29, 0.717) is 6.10 Å². The number of rotatable bonds is 7. The van der Waals surface area contributed by atoms with E-state index < -0.39 is 0 Å². The van der Waals surface area contributed by atoms with Crippen LogP contribution in [0.3, 0.4) is 0 Å². The van der Waals surface area contributed by atoms with Gasteiger partial charge in [0.15, 0.2) is 0 Å². The van der Waals surface area contributed by atoms with Gasteiger partial charge < -0.3 is 15.0 Å². The second kappa shape index (κ2) is 8.25. The van der Waals surface area contributed by atoms with E-state index in [1.54, 1.807) is 0 Å². The Morgan fingerprint density at radius 1 is 1.19 bits per heavy atom. The molecule has 1 heterocycles. The summed E-state index contributed by atoms with van der Waals surface area (Å²) in [6.07, 6.45) is 0.293. The van der Waals surface area contributed by atoms with Crippen LogP contribution in [-0.4, -0.2) is 56.9 Å². The molecule has 1 N–H and O–H groups in total. The van der Waals surface area contributed by atoms with Crippen LogP contribution in [0.4, 0.5) is 11.4 Å². The average Bonchev–Trinajstić information content (AvgIpc) is 2.55. The molecule has 21 heavy (non-hydrogen) atoms. The number of morpholine rings is 1. The number of benzene rings is 1. The van der Waals surface area contributed by atoms with Crippen molar-refractivity contribution in [3.63, 3.8) is 0 Å². The molecule has 4 heteroatoms. The molecule has 118 valence electrons. The lowest BCUT2D eigenvalue weighted by Gasteiger charge is -2.32. The quantitative estimate of drug-likeness (QED) is 0.836. The minimum Gasteiger partial charge on any atom is -0.382 e. The standard InChI is InChI=1S/C17H29N3O/c1-4-19-11-12-21-17(14-19)13-18-15-7-9-16(10-8-15)20(5-2)6-3/h7-10,17-18H,4-6,11-14H2,1-3H3. The van der Waals surface area contributed by atoms with Gasteiger partial charge in [0.05, 0.1) is 12.7 Å². The van der Waals surface area contributed by atoms with Crippen molar-refractivity contribution >= 4 is 11.4 Å². The predicted octanol–water partition coefficient (Wildman–Crippen LogP) is 2.67. The Kier molecular flexibility index (Phi) is 6.33. The number of nitrogens with one attached hydrogen (secondary N) is 1. The van der Waals surface area contributed by atoms with Crippen molar-refractivity contribution in [2.75, 3.05) is 56.1 Å². The van der Waals surface area contributed by atoms with E-state index in [2.05, 4.69) is 60.2 Å². The molecule has 0 spiro atoms. The van der Waals surface area contributed by atoms with Gasteiger partial charge in [0.1, 0.15) is 0 Å². The smallest absolute Gasteiger partial charge is 0.0874 e. The Labute approximate surface area is 129 Å². The zero-order valence-corrected chi connectivity index (χ0v) is 13.6. The zero-order valence-electron chi connectivity index (χ0n) is 13.6. The molecule has 0 aromatic heterocycles. The first-order valence-electron chi connectivity index (χ1n) is 8.19. The Balaban J connectivity index is 1.83. The fraction of sp³-hybridized carbons (Fsp3) is 0.647. The van der Waals surface area contributed by atoms with E-state index in [-0.39, 0.29) is 0 Å². The number of likely N-dealkylation sites (N-methyl/N-ethyl adjacent to an activating group) is 1. The number of ether oxygens (including phenoxy) is 1. The second-order valence-corrected chi connectivity index (χ2v) is 5.49. The van der Waals surface area contributed by atoms with Crippen LogP contribution in [0.1, 0.15) is 20.8 Å². The molecular formula is C17H29N3O. The highest BCUT2D eigenvalue weighted by Crippen LogP contribution is 2.18. The van der Waals surface area contributed by atoms with E-state index in [1.807, 2.05) is 0 Å². The topological polar surface area (TPSA) is 27.7 Å². The summed E-state index contributed by atoms with van der Waals surface area (Å²) in [7, 11) is 0. The molecule has 1 aromatic rings. The summed E-state index contributed by atoms with van der Waals surface area (Å²) in [4.78, 5) is 4.80. The Hall–Kier alpha value is -1.26. The fourth-order valence-electron chi connectivity index (χ4n) is 2.80. The highest BCUT2D eigenvalue weighted by Gasteiger charge is 2.18. The number of hydrogen-bond donors (Lipinski definition) is 1. The van der Waals surface area contributed by atoms with Crippen molar-refractivity contribution in [3.05, 3.63) is 24.3 Å². The van der Waals surface area contributed by atoms with Crippen molar-refractivity contribution in [2.45, 2.75) is 26.9 Å². The summed E-state index contributed by atoms with van der Waals surface area (Å²) >= 11 is 0. The lowest BCUT2D eigenvalue weighted by atomic mass is 10.2. The van der Waals surface area contributed by atoms with Crippen LogP contribution in [0.5, 0.6) is 0 Å². The monoisotopic (exact) mass is 291 g/mol. The SMILES string of the molecule is CCN1CCOC(CNc2ccc(N(CC)CC)cc2)C1. The molecule has 1 fully saturated rings. The predicted molar refractivity (Wildman–Crippen MR) is 90.3 cm³/mol. The molecule has 1 atom stereocenters. The minimum atomic E-state index is 0.293. The van der Waals surface area contributed by atoms with Crippen LogP contribution in [0.15, 0.2) is 24.3 Å². The van der Waals surface area contributed by atoms with Crippen molar-refractivity contribution in [1.82, 2.24) is 4.90 Å². The number of hydrogen-bond acceptors (Lipinski definition) is 4. The van der Waals surface area contributed by atoms with Crippen LogP contribution in [0.25, 0.3) is 0 Å². The lowest BCUT2D eigenvalue weighted by molar-refractivity contribution is -0.0191.